The van der Waals surface area contributed by atoms with Gasteiger partial charge in [-0.1, -0.05) is 0 Å². The molecule has 1 fully saturated rings. The molecule has 0 aromatic carbocycles. The van der Waals surface area contributed by atoms with Crippen LogP contribution in [0.1, 0.15) is 18.5 Å². The Morgan fingerprint density at radius 3 is 3.12 bits per heavy atom. The van der Waals surface area contributed by atoms with E-state index in [2.05, 4.69) is 20.6 Å². The summed E-state index contributed by atoms with van der Waals surface area (Å²) in [6, 6.07) is 3.87. The molecule has 2 N–H and O–H groups in total. The van der Waals surface area contributed by atoms with Gasteiger partial charge in [0.05, 0.1) is 25.0 Å². The minimum atomic E-state index is 0.00161. The number of hydrogen-bond donors (Lipinski definition) is 2. The summed E-state index contributed by atoms with van der Waals surface area (Å²) in [5.41, 5.74) is 0.974. The number of carbonyl (C=O) groups is 1. The van der Waals surface area contributed by atoms with Crippen molar-refractivity contribution in [1.82, 2.24) is 25.2 Å². The van der Waals surface area contributed by atoms with Crippen molar-refractivity contribution in [3.8, 4) is 5.75 Å². The highest BCUT2D eigenvalue weighted by molar-refractivity contribution is 5.78. The van der Waals surface area contributed by atoms with Crippen LogP contribution in [0.2, 0.25) is 0 Å². The Hall–Kier alpha value is -2.41. The van der Waals surface area contributed by atoms with Crippen molar-refractivity contribution in [3.05, 3.63) is 42.7 Å². The van der Waals surface area contributed by atoms with E-state index < -0.39 is 0 Å². The molecule has 26 heavy (non-hydrogen) atoms. The highest BCUT2D eigenvalue weighted by atomic mass is 16.5. The normalized spacial score (nSPS) is 19.9. The fourth-order valence-corrected chi connectivity index (χ4v) is 3.15. The molecule has 2 atom stereocenters. The molecule has 2 aromatic rings. The number of carbonyl (C=O) groups excluding carboxylic acids is 1. The van der Waals surface area contributed by atoms with Gasteiger partial charge in [0.15, 0.2) is 0 Å². The van der Waals surface area contributed by atoms with E-state index in [0.29, 0.717) is 19.1 Å². The van der Waals surface area contributed by atoms with Crippen LogP contribution in [0.4, 0.5) is 0 Å². The van der Waals surface area contributed by atoms with Crippen LogP contribution in [0.15, 0.2) is 37.1 Å². The molecule has 0 saturated carbocycles. The summed E-state index contributed by atoms with van der Waals surface area (Å²) in [4.78, 5) is 20.6. The number of rotatable bonds is 8. The Morgan fingerprint density at radius 1 is 1.42 bits per heavy atom. The zero-order chi connectivity index (χ0) is 18.2. The van der Waals surface area contributed by atoms with Gasteiger partial charge in [0.2, 0.25) is 5.91 Å². The number of aromatic nitrogens is 3. The third-order valence-electron chi connectivity index (χ3n) is 4.63. The SMILES string of the molecule is Cc1ccc(OC[C@@H]2CNC[C@H](C(=O)NCCCn3ccnc3)C2)cn1. The van der Waals surface area contributed by atoms with Crippen molar-refractivity contribution in [2.75, 3.05) is 26.2 Å². The summed E-state index contributed by atoms with van der Waals surface area (Å²) in [5.74, 6) is 1.24. The topological polar surface area (TPSA) is 81.1 Å². The number of nitrogens with zero attached hydrogens (tertiary/aromatic N) is 3. The van der Waals surface area contributed by atoms with Gasteiger partial charge in [0.1, 0.15) is 5.75 Å². The van der Waals surface area contributed by atoms with Crippen LogP contribution in [0.25, 0.3) is 0 Å². The number of hydrogen-bond acceptors (Lipinski definition) is 5. The Labute approximate surface area is 154 Å². The smallest absolute Gasteiger partial charge is 0.224 e. The average Bonchev–Trinajstić information content (AvgIpc) is 3.18. The maximum Gasteiger partial charge on any atom is 0.224 e. The second-order valence-corrected chi connectivity index (χ2v) is 6.85. The molecule has 2 aromatic heterocycles. The van der Waals surface area contributed by atoms with Crippen LogP contribution >= 0.6 is 0 Å². The van der Waals surface area contributed by atoms with Crippen molar-refractivity contribution in [3.63, 3.8) is 0 Å². The van der Waals surface area contributed by atoms with E-state index in [4.69, 9.17) is 4.74 Å². The third kappa shape index (κ3) is 5.56. The molecule has 0 bridgehead atoms. The molecule has 3 heterocycles. The van der Waals surface area contributed by atoms with Crippen LogP contribution < -0.4 is 15.4 Å². The van der Waals surface area contributed by atoms with Crippen molar-refractivity contribution in [2.24, 2.45) is 11.8 Å². The molecule has 1 amide bonds. The molecule has 140 valence electrons. The molecular formula is C19H27N5O2. The number of pyridine rings is 1. The zero-order valence-corrected chi connectivity index (χ0v) is 15.2. The number of ether oxygens (including phenoxy) is 1. The summed E-state index contributed by atoms with van der Waals surface area (Å²) in [5, 5.41) is 6.41. The van der Waals surface area contributed by atoms with Gasteiger partial charge in [-0.2, -0.15) is 0 Å². The van der Waals surface area contributed by atoms with Gasteiger partial charge in [-0.15, -0.1) is 0 Å². The van der Waals surface area contributed by atoms with Gasteiger partial charge in [-0.3, -0.25) is 9.78 Å². The fraction of sp³-hybridized carbons (Fsp3) is 0.526. The molecule has 7 nitrogen and oxygen atoms in total. The second-order valence-electron chi connectivity index (χ2n) is 6.85. The van der Waals surface area contributed by atoms with E-state index in [1.807, 2.05) is 29.8 Å². The Kier molecular flexibility index (Phi) is 6.60. The molecule has 3 rings (SSSR count). The molecule has 0 radical (unpaired) electrons. The third-order valence-corrected chi connectivity index (χ3v) is 4.63. The standard InChI is InChI=1S/C19H27N5O2/c1-15-3-4-18(12-23-15)26-13-16-9-17(11-21-10-16)19(25)22-5-2-7-24-8-6-20-14-24/h3-4,6,8,12,14,16-17,21H,2,5,7,9-11,13H2,1H3,(H,22,25)/t16-,17+/m0/s1. The molecule has 1 aliphatic rings. The van der Waals surface area contributed by atoms with Crippen molar-refractivity contribution in [1.29, 1.82) is 0 Å². The lowest BCUT2D eigenvalue weighted by Gasteiger charge is -2.29. The van der Waals surface area contributed by atoms with Crippen LogP contribution in [-0.2, 0) is 11.3 Å². The summed E-state index contributed by atoms with van der Waals surface area (Å²) in [6.07, 6.45) is 8.98. The van der Waals surface area contributed by atoms with Crippen LogP contribution in [0.3, 0.4) is 0 Å². The molecule has 1 saturated heterocycles. The van der Waals surface area contributed by atoms with Crippen molar-refractivity contribution >= 4 is 5.91 Å². The summed E-state index contributed by atoms with van der Waals surface area (Å²) in [6.45, 7) is 5.71. The summed E-state index contributed by atoms with van der Waals surface area (Å²) in [7, 11) is 0. The van der Waals surface area contributed by atoms with E-state index in [1.165, 1.54) is 0 Å². The highest BCUT2D eigenvalue weighted by Crippen LogP contribution is 2.19. The van der Waals surface area contributed by atoms with E-state index in [9.17, 15) is 4.79 Å². The summed E-state index contributed by atoms with van der Waals surface area (Å²) >= 11 is 0. The maximum atomic E-state index is 12.4. The van der Waals surface area contributed by atoms with Gasteiger partial charge < -0.3 is 19.9 Å². The van der Waals surface area contributed by atoms with Gasteiger partial charge in [-0.25, -0.2) is 4.98 Å². The first-order valence-corrected chi connectivity index (χ1v) is 9.20. The average molecular weight is 357 g/mol. The second kappa shape index (κ2) is 9.33. The van der Waals surface area contributed by atoms with Gasteiger partial charge in [-0.05, 0) is 31.9 Å². The molecule has 0 aliphatic carbocycles. The first-order chi connectivity index (χ1) is 12.7. The predicted molar refractivity (Wildman–Crippen MR) is 98.8 cm³/mol. The lowest BCUT2D eigenvalue weighted by Crippen LogP contribution is -2.45. The number of aryl methyl sites for hydroxylation is 2. The number of amides is 1. The lowest BCUT2D eigenvalue weighted by molar-refractivity contribution is -0.126. The van der Waals surface area contributed by atoms with E-state index in [0.717, 1.165) is 43.9 Å². The van der Waals surface area contributed by atoms with E-state index in [-0.39, 0.29) is 11.8 Å². The Morgan fingerprint density at radius 2 is 2.35 bits per heavy atom. The van der Waals surface area contributed by atoms with Crippen LogP contribution in [0, 0.1) is 18.8 Å². The van der Waals surface area contributed by atoms with Gasteiger partial charge in [0.25, 0.3) is 0 Å². The highest BCUT2D eigenvalue weighted by Gasteiger charge is 2.27. The largest absolute Gasteiger partial charge is 0.492 e. The zero-order valence-electron chi connectivity index (χ0n) is 15.2. The molecule has 1 aliphatic heterocycles. The minimum Gasteiger partial charge on any atom is -0.492 e. The first kappa shape index (κ1) is 18.4. The number of nitrogens with one attached hydrogen (secondary N) is 2. The fourth-order valence-electron chi connectivity index (χ4n) is 3.15. The monoisotopic (exact) mass is 357 g/mol. The van der Waals surface area contributed by atoms with Crippen LogP contribution in [-0.4, -0.2) is 46.7 Å². The van der Waals surface area contributed by atoms with E-state index >= 15 is 0 Å². The van der Waals surface area contributed by atoms with Gasteiger partial charge in [0, 0.05) is 50.2 Å². The molecule has 0 spiro atoms. The number of piperidine rings is 1. The lowest BCUT2D eigenvalue weighted by atomic mass is 9.90. The Bertz CT molecular complexity index is 672. The van der Waals surface area contributed by atoms with Crippen molar-refractivity contribution in [2.45, 2.75) is 26.3 Å². The van der Waals surface area contributed by atoms with Gasteiger partial charge >= 0.3 is 0 Å². The van der Waals surface area contributed by atoms with Crippen LogP contribution in [0.5, 0.6) is 5.75 Å². The Balaban J connectivity index is 1.36. The van der Waals surface area contributed by atoms with E-state index in [1.54, 1.807) is 18.7 Å². The quantitative estimate of drug-likeness (QED) is 0.698. The number of imidazole rings is 1. The first-order valence-electron chi connectivity index (χ1n) is 9.20. The molecule has 7 heteroatoms. The molecular weight excluding hydrogens is 330 g/mol. The summed E-state index contributed by atoms with van der Waals surface area (Å²) < 4.78 is 7.84. The predicted octanol–water partition coefficient (Wildman–Crippen LogP) is 1.40. The molecule has 0 unspecified atom stereocenters. The maximum absolute atomic E-state index is 12.4. The minimum absolute atomic E-state index is 0.00161. The van der Waals surface area contributed by atoms with Crippen molar-refractivity contribution < 1.29 is 9.53 Å².